The van der Waals surface area contributed by atoms with E-state index < -0.39 is 0 Å². The van der Waals surface area contributed by atoms with Crippen molar-refractivity contribution in [2.75, 3.05) is 26.2 Å². The van der Waals surface area contributed by atoms with Gasteiger partial charge in [-0.3, -0.25) is 0 Å². The molecule has 0 saturated heterocycles. The van der Waals surface area contributed by atoms with E-state index in [9.17, 15) is 4.39 Å². The van der Waals surface area contributed by atoms with Crippen LogP contribution in [0, 0.1) is 5.82 Å². The van der Waals surface area contributed by atoms with Gasteiger partial charge in [0.05, 0.1) is 5.02 Å². The molecule has 0 aromatic heterocycles. The van der Waals surface area contributed by atoms with Crippen molar-refractivity contribution in [3.05, 3.63) is 62.8 Å². The molecule has 0 radical (unpaired) electrons. The van der Waals surface area contributed by atoms with Crippen LogP contribution in [0.1, 0.15) is 57.1 Å². The van der Waals surface area contributed by atoms with Gasteiger partial charge in [0.15, 0.2) is 0 Å². The standard InChI is InChI=1S/C25H35BrClFN2O/c1-3-5-14-30(15-6-4-2)16-8-13-29-18-20-17-21(26)11-12-25(20)31-19-22-23(27)9-7-10-24(22)28/h7,9-12,17,29H,3-6,8,13-16,18-19H2,1-2H3. The fourth-order valence-corrected chi connectivity index (χ4v) is 4.02. The van der Waals surface area contributed by atoms with Crippen LogP contribution in [0.5, 0.6) is 5.75 Å². The first-order valence-corrected chi connectivity index (χ1v) is 12.5. The third-order valence-electron chi connectivity index (χ3n) is 5.26. The molecule has 0 saturated carbocycles. The Morgan fingerprint density at radius 3 is 2.42 bits per heavy atom. The third kappa shape index (κ3) is 9.48. The highest BCUT2D eigenvalue weighted by molar-refractivity contribution is 9.10. The molecule has 0 spiro atoms. The topological polar surface area (TPSA) is 24.5 Å². The summed E-state index contributed by atoms with van der Waals surface area (Å²) in [6.07, 6.45) is 6.13. The minimum atomic E-state index is -0.347. The van der Waals surface area contributed by atoms with Crippen molar-refractivity contribution in [2.24, 2.45) is 0 Å². The lowest BCUT2D eigenvalue weighted by atomic mass is 10.2. The van der Waals surface area contributed by atoms with E-state index >= 15 is 0 Å². The van der Waals surface area contributed by atoms with Gasteiger partial charge < -0.3 is 15.0 Å². The molecule has 0 fully saturated rings. The van der Waals surface area contributed by atoms with Crippen LogP contribution in [0.15, 0.2) is 40.9 Å². The summed E-state index contributed by atoms with van der Waals surface area (Å²) in [4.78, 5) is 2.58. The first-order chi connectivity index (χ1) is 15.0. The number of ether oxygens (including phenoxy) is 1. The van der Waals surface area contributed by atoms with Crippen LogP contribution >= 0.6 is 27.5 Å². The Bertz CT molecular complexity index is 762. The van der Waals surface area contributed by atoms with Crippen molar-refractivity contribution in [3.8, 4) is 5.75 Å². The third-order valence-corrected chi connectivity index (χ3v) is 6.10. The Hall–Kier alpha value is -1.14. The number of nitrogens with zero attached hydrogens (tertiary/aromatic N) is 1. The molecule has 0 heterocycles. The van der Waals surface area contributed by atoms with E-state index in [0.717, 1.165) is 35.3 Å². The maximum Gasteiger partial charge on any atom is 0.131 e. The molecule has 2 aromatic carbocycles. The summed E-state index contributed by atoms with van der Waals surface area (Å²) in [7, 11) is 0. The van der Waals surface area contributed by atoms with Crippen LogP contribution in [0.25, 0.3) is 0 Å². The zero-order valence-electron chi connectivity index (χ0n) is 18.7. The molecule has 0 aliphatic heterocycles. The van der Waals surface area contributed by atoms with Crippen molar-refractivity contribution in [2.45, 2.75) is 59.1 Å². The minimum Gasteiger partial charge on any atom is -0.488 e. The number of halogens is 3. The van der Waals surface area contributed by atoms with Gasteiger partial charge in [0, 0.05) is 22.1 Å². The predicted molar refractivity (Wildman–Crippen MR) is 132 cm³/mol. The molecular weight excluding hydrogens is 479 g/mol. The van der Waals surface area contributed by atoms with E-state index in [1.807, 2.05) is 18.2 Å². The van der Waals surface area contributed by atoms with Crippen molar-refractivity contribution >= 4 is 27.5 Å². The Morgan fingerprint density at radius 1 is 1.03 bits per heavy atom. The molecule has 172 valence electrons. The van der Waals surface area contributed by atoms with E-state index in [-0.39, 0.29) is 12.4 Å². The normalized spacial score (nSPS) is 11.3. The van der Waals surface area contributed by atoms with Gasteiger partial charge in [-0.2, -0.15) is 0 Å². The number of nitrogens with one attached hydrogen (secondary N) is 1. The fraction of sp³-hybridized carbons (Fsp3) is 0.520. The largest absolute Gasteiger partial charge is 0.488 e. The van der Waals surface area contributed by atoms with Crippen LogP contribution in [-0.4, -0.2) is 31.1 Å². The van der Waals surface area contributed by atoms with Gasteiger partial charge in [0.25, 0.3) is 0 Å². The monoisotopic (exact) mass is 512 g/mol. The first kappa shape index (κ1) is 26.1. The average Bonchev–Trinajstić information content (AvgIpc) is 2.75. The smallest absolute Gasteiger partial charge is 0.131 e. The van der Waals surface area contributed by atoms with Gasteiger partial charge in [-0.25, -0.2) is 4.39 Å². The van der Waals surface area contributed by atoms with E-state index in [1.54, 1.807) is 12.1 Å². The summed E-state index contributed by atoms with van der Waals surface area (Å²) < 4.78 is 21.0. The maximum absolute atomic E-state index is 14.0. The van der Waals surface area contributed by atoms with Crippen molar-refractivity contribution in [1.29, 1.82) is 0 Å². The highest BCUT2D eigenvalue weighted by Gasteiger charge is 2.10. The Balaban J connectivity index is 1.85. The quantitative estimate of drug-likeness (QED) is 0.255. The van der Waals surface area contributed by atoms with Crippen LogP contribution < -0.4 is 10.1 Å². The molecule has 2 aromatic rings. The minimum absolute atomic E-state index is 0.101. The molecule has 0 unspecified atom stereocenters. The average molecular weight is 514 g/mol. The lowest BCUT2D eigenvalue weighted by molar-refractivity contribution is 0.260. The molecule has 2 rings (SSSR count). The van der Waals surface area contributed by atoms with E-state index in [2.05, 4.69) is 40.0 Å². The summed E-state index contributed by atoms with van der Waals surface area (Å²) in [6, 6.07) is 10.6. The van der Waals surface area contributed by atoms with Crippen molar-refractivity contribution < 1.29 is 9.13 Å². The summed E-state index contributed by atoms with van der Waals surface area (Å²) in [6.45, 7) is 9.75. The fourth-order valence-electron chi connectivity index (χ4n) is 3.40. The van der Waals surface area contributed by atoms with E-state index in [4.69, 9.17) is 16.3 Å². The molecule has 3 nitrogen and oxygen atoms in total. The molecule has 1 N–H and O–H groups in total. The van der Waals surface area contributed by atoms with Crippen molar-refractivity contribution in [1.82, 2.24) is 10.2 Å². The predicted octanol–water partition coefficient (Wildman–Crippen LogP) is 7.20. The molecule has 0 amide bonds. The number of hydrogen-bond donors (Lipinski definition) is 1. The van der Waals surface area contributed by atoms with Crippen LogP contribution in [-0.2, 0) is 13.2 Å². The lowest BCUT2D eigenvalue weighted by Gasteiger charge is -2.22. The zero-order chi connectivity index (χ0) is 22.5. The van der Waals surface area contributed by atoms with Crippen LogP contribution in [0.4, 0.5) is 4.39 Å². The summed E-state index contributed by atoms with van der Waals surface area (Å²) in [5, 5.41) is 3.91. The molecular formula is C25H35BrClFN2O. The highest BCUT2D eigenvalue weighted by atomic mass is 79.9. The molecule has 0 aliphatic rings. The van der Waals surface area contributed by atoms with Gasteiger partial charge in [0.1, 0.15) is 18.2 Å². The first-order valence-electron chi connectivity index (χ1n) is 11.3. The van der Waals surface area contributed by atoms with Gasteiger partial charge in [-0.1, -0.05) is 60.3 Å². The van der Waals surface area contributed by atoms with Crippen LogP contribution in [0.3, 0.4) is 0 Å². The number of rotatable bonds is 15. The number of hydrogen-bond acceptors (Lipinski definition) is 3. The second kappa shape index (κ2) is 14.8. The molecule has 0 bridgehead atoms. The van der Waals surface area contributed by atoms with Crippen LogP contribution in [0.2, 0.25) is 5.02 Å². The highest BCUT2D eigenvalue weighted by Crippen LogP contribution is 2.26. The Kier molecular flexibility index (Phi) is 12.5. The SMILES string of the molecule is CCCCN(CCCC)CCCNCc1cc(Br)ccc1OCc1c(F)cccc1Cl. The molecule has 6 heteroatoms. The summed E-state index contributed by atoms with van der Waals surface area (Å²) in [5.74, 6) is 0.391. The Morgan fingerprint density at radius 2 is 1.74 bits per heavy atom. The second-order valence-electron chi connectivity index (χ2n) is 7.82. The maximum atomic E-state index is 14.0. The van der Waals surface area contributed by atoms with E-state index in [0.29, 0.717) is 17.1 Å². The lowest BCUT2D eigenvalue weighted by Crippen LogP contribution is -2.29. The second-order valence-corrected chi connectivity index (χ2v) is 9.14. The number of unbranched alkanes of at least 4 members (excludes halogenated alkanes) is 2. The summed E-state index contributed by atoms with van der Waals surface area (Å²) in [5.41, 5.74) is 1.42. The molecule has 31 heavy (non-hydrogen) atoms. The Labute approximate surface area is 200 Å². The number of benzene rings is 2. The van der Waals surface area contributed by atoms with Crippen molar-refractivity contribution in [3.63, 3.8) is 0 Å². The summed E-state index contributed by atoms with van der Waals surface area (Å²) >= 11 is 9.66. The molecule has 0 aliphatic carbocycles. The van der Waals surface area contributed by atoms with Gasteiger partial charge in [-0.05, 0) is 75.8 Å². The van der Waals surface area contributed by atoms with E-state index in [1.165, 1.54) is 44.8 Å². The molecule has 0 atom stereocenters. The zero-order valence-corrected chi connectivity index (χ0v) is 21.1. The van der Waals surface area contributed by atoms with Gasteiger partial charge in [0.2, 0.25) is 0 Å². The van der Waals surface area contributed by atoms with Gasteiger partial charge >= 0.3 is 0 Å². The van der Waals surface area contributed by atoms with Gasteiger partial charge in [-0.15, -0.1) is 0 Å².